The van der Waals surface area contributed by atoms with E-state index in [1.54, 1.807) is 11.9 Å². The molecule has 8 nitrogen and oxygen atoms in total. The Kier molecular flexibility index (Phi) is 5.19. The SMILES string of the molecule is Cn1nccc1C(=O)N1CCN(c2ccc(C#N)c(C(F)(F)F)c2)CC1C(N)=O. The number of nitriles is 1. The fraction of sp³-hybridized carbons (Fsp3) is 0.333. The van der Waals surface area contributed by atoms with Crippen molar-refractivity contribution in [3.63, 3.8) is 0 Å². The number of aryl methyl sites for hydroxylation is 1. The molecule has 1 aliphatic rings. The van der Waals surface area contributed by atoms with Crippen molar-refractivity contribution in [3.8, 4) is 6.07 Å². The highest BCUT2D eigenvalue weighted by molar-refractivity contribution is 5.96. The fourth-order valence-corrected chi connectivity index (χ4v) is 3.30. The molecule has 1 atom stereocenters. The first-order chi connectivity index (χ1) is 13.6. The van der Waals surface area contributed by atoms with E-state index in [9.17, 15) is 22.8 Å². The van der Waals surface area contributed by atoms with E-state index in [0.717, 1.165) is 12.1 Å². The molecule has 2 N–H and O–H groups in total. The number of benzene rings is 1. The summed E-state index contributed by atoms with van der Waals surface area (Å²) >= 11 is 0. The van der Waals surface area contributed by atoms with E-state index in [0.29, 0.717) is 0 Å². The lowest BCUT2D eigenvalue weighted by molar-refractivity contribution is -0.137. The van der Waals surface area contributed by atoms with E-state index < -0.39 is 35.2 Å². The van der Waals surface area contributed by atoms with Crippen LogP contribution in [0.1, 0.15) is 21.6 Å². The van der Waals surface area contributed by atoms with Gasteiger partial charge in [0.15, 0.2) is 0 Å². The van der Waals surface area contributed by atoms with Crippen LogP contribution in [0.2, 0.25) is 0 Å². The van der Waals surface area contributed by atoms with Crippen molar-refractivity contribution in [3.05, 3.63) is 47.3 Å². The number of hydrogen-bond acceptors (Lipinski definition) is 5. The molecule has 1 fully saturated rings. The highest BCUT2D eigenvalue weighted by Crippen LogP contribution is 2.35. The van der Waals surface area contributed by atoms with Gasteiger partial charge in [-0.1, -0.05) is 0 Å². The van der Waals surface area contributed by atoms with Crippen molar-refractivity contribution in [2.24, 2.45) is 12.8 Å². The first-order valence-electron chi connectivity index (χ1n) is 8.58. The van der Waals surface area contributed by atoms with Gasteiger partial charge in [0.05, 0.1) is 17.2 Å². The molecule has 0 spiro atoms. The lowest BCUT2D eigenvalue weighted by atomic mass is 10.0. The maximum Gasteiger partial charge on any atom is 0.417 e. The zero-order valence-corrected chi connectivity index (χ0v) is 15.3. The average Bonchev–Trinajstić information content (AvgIpc) is 3.11. The number of nitrogens with two attached hydrogens (primary N) is 1. The molecular weight excluding hydrogens is 389 g/mol. The first kappa shape index (κ1) is 20.2. The number of anilines is 1. The Morgan fingerprint density at radius 2 is 2.00 bits per heavy atom. The number of carbonyl (C=O) groups excluding carboxylic acids is 2. The molecule has 29 heavy (non-hydrogen) atoms. The van der Waals surface area contributed by atoms with Crippen molar-refractivity contribution in [1.82, 2.24) is 14.7 Å². The molecule has 2 heterocycles. The minimum absolute atomic E-state index is 0.0673. The summed E-state index contributed by atoms with van der Waals surface area (Å²) in [5, 5.41) is 12.9. The zero-order chi connectivity index (χ0) is 21.3. The number of nitrogens with zero attached hydrogens (tertiary/aromatic N) is 5. The van der Waals surface area contributed by atoms with Crippen LogP contribution >= 0.6 is 0 Å². The second-order valence-corrected chi connectivity index (χ2v) is 6.54. The number of halogens is 3. The molecule has 0 bridgehead atoms. The molecular formula is C18H17F3N6O2. The molecule has 0 radical (unpaired) electrons. The van der Waals surface area contributed by atoms with Gasteiger partial charge in [-0.15, -0.1) is 0 Å². The van der Waals surface area contributed by atoms with Crippen LogP contribution in [0.5, 0.6) is 0 Å². The molecule has 3 rings (SSSR count). The van der Waals surface area contributed by atoms with Crippen molar-refractivity contribution < 1.29 is 22.8 Å². The monoisotopic (exact) mass is 406 g/mol. The van der Waals surface area contributed by atoms with E-state index in [1.807, 2.05) is 0 Å². The number of piperazine rings is 1. The van der Waals surface area contributed by atoms with Gasteiger partial charge in [-0.05, 0) is 24.3 Å². The van der Waals surface area contributed by atoms with Crippen LogP contribution in [0, 0.1) is 11.3 Å². The van der Waals surface area contributed by atoms with E-state index >= 15 is 0 Å². The summed E-state index contributed by atoms with van der Waals surface area (Å²) in [7, 11) is 1.58. The van der Waals surface area contributed by atoms with Gasteiger partial charge in [0, 0.05) is 38.6 Å². The smallest absolute Gasteiger partial charge is 0.368 e. The van der Waals surface area contributed by atoms with Crippen LogP contribution in [-0.4, -0.2) is 52.2 Å². The molecule has 0 saturated carbocycles. The van der Waals surface area contributed by atoms with E-state index in [1.165, 1.54) is 34.0 Å². The van der Waals surface area contributed by atoms with Gasteiger partial charge in [-0.2, -0.15) is 23.5 Å². The minimum Gasteiger partial charge on any atom is -0.368 e. The van der Waals surface area contributed by atoms with E-state index in [4.69, 9.17) is 11.0 Å². The lowest BCUT2D eigenvalue weighted by Gasteiger charge is -2.41. The summed E-state index contributed by atoms with van der Waals surface area (Å²) in [5.74, 6) is -1.21. The molecule has 1 saturated heterocycles. The van der Waals surface area contributed by atoms with Crippen molar-refractivity contribution in [2.75, 3.05) is 24.5 Å². The summed E-state index contributed by atoms with van der Waals surface area (Å²) < 4.78 is 41.1. The molecule has 1 aliphatic heterocycles. The van der Waals surface area contributed by atoms with Gasteiger partial charge in [0.2, 0.25) is 5.91 Å². The Morgan fingerprint density at radius 1 is 1.28 bits per heavy atom. The summed E-state index contributed by atoms with van der Waals surface area (Å²) in [6.45, 7) is 0.206. The largest absolute Gasteiger partial charge is 0.417 e. The summed E-state index contributed by atoms with van der Waals surface area (Å²) in [4.78, 5) is 27.6. The number of hydrogen-bond donors (Lipinski definition) is 1. The molecule has 11 heteroatoms. The van der Waals surface area contributed by atoms with Crippen LogP contribution in [0.15, 0.2) is 30.5 Å². The third-order valence-corrected chi connectivity index (χ3v) is 4.80. The van der Waals surface area contributed by atoms with Gasteiger partial charge in [0.1, 0.15) is 11.7 Å². The van der Waals surface area contributed by atoms with Gasteiger partial charge >= 0.3 is 6.18 Å². The Balaban J connectivity index is 1.89. The standard InChI is InChI=1S/C18H17F3N6O2/c1-25-14(4-5-24-25)17(29)27-7-6-26(10-15(27)16(23)28)12-3-2-11(9-22)13(8-12)18(19,20)21/h2-5,8,15H,6-7,10H2,1H3,(H2,23,28). The predicted molar refractivity (Wildman–Crippen MR) is 95.6 cm³/mol. The summed E-state index contributed by atoms with van der Waals surface area (Å²) in [5.41, 5.74) is 4.38. The quantitative estimate of drug-likeness (QED) is 0.822. The predicted octanol–water partition coefficient (Wildman–Crippen LogP) is 1.13. The van der Waals surface area contributed by atoms with Gasteiger partial charge in [-0.3, -0.25) is 14.3 Å². The third-order valence-electron chi connectivity index (χ3n) is 4.80. The lowest BCUT2D eigenvalue weighted by Crippen LogP contribution is -2.60. The number of amides is 2. The van der Waals surface area contributed by atoms with Gasteiger partial charge in [-0.25, -0.2) is 0 Å². The molecule has 1 unspecified atom stereocenters. The highest BCUT2D eigenvalue weighted by Gasteiger charge is 2.37. The molecule has 1 aromatic carbocycles. The Labute approximate surface area is 163 Å². The summed E-state index contributed by atoms with van der Waals surface area (Å²) in [6, 6.07) is 5.34. The average molecular weight is 406 g/mol. The first-order valence-corrected chi connectivity index (χ1v) is 8.58. The van der Waals surface area contributed by atoms with Gasteiger partial charge < -0.3 is 15.5 Å². The second-order valence-electron chi connectivity index (χ2n) is 6.54. The normalized spacial score (nSPS) is 17.1. The number of alkyl halides is 3. The molecule has 152 valence electrons. The topological polar surface area (TPSA) is 108 Å². The third kappa shape index (κ3) is 3.87. The molecule has 2 aromatic rings. The van der Waals surface area contributed by atoms with Crippen LogP contribution < -0.4 is 10.6 Å². The molecule has 0 aliphatic carbocycles. The number of carbonyl (C=O) groups is 2. The minimum atomic E-state index is -4.69. The van der Waals surface area contributed by atoms with E-state index in [-0.39, 0.29) is 31.0 Å². The van der Waals surface area contributed by atoms with Crippen molar-refractivity contribution >= 4 is 17.5 Å². The van der Waals surface area contributed by atoms with Crippen LogP contribution in [0.4, 0.5) is 18.9 Å². The van der Waals surface area contributed by atoms with Crippen LogP contribution in [0.25, 0.3) is 0 Å². The van der Waals surface area contributed by atoms with E-state index in [2.05, 4.69) is 5.10 Å². The fourth-order valence-electron chi connectivity index (χ4n) is 3.30. The second kappa shape index (κ2) is 7.46. The van der Waals surface area contributed by atoms with Crippen LogP contribution in [-0.2, 0) is 18.0 Å². The Morgan fingerprint density at radius 3 is 2.55 bits per heavy atom. The highest BCUT2D eigenvalue weighted by atomic mass is 19.4. The Hall–Kier alpha value is -3.55. The maximum atomic E-state index is 13.2. The van der Waals surface area contributed by atoms with Gasteiger partial charge in [0.25, 0.3) is 5.91 Å². The van der Waals surface area contributed by atoms with Crippen LogP contribution in [0.3, 0.4) is 0 Å². The Bertz CT molecular complexity index is 994. The maximum absolute atomic E-state index is 13.2. The zero-order valence-electron chi connectivity index (χ0n) is 15.3. The number of primary amides is 1. The van der Waals surface area contributed by atoms with Crippen molar-refractivity contribution in [2.45, 2.75) is 12.2 Å². The summed E-state index contributed by atoms with van der Waals surface area (Å²) in [6.07, 6.45) is -3.25. The number of aromatic nitrogens is 2. The molecule has 1 aromatic heterocycles. The van der Waals surface area contributed by atoms with Crippen molar-refractivity contribution in [1.29, 1.82) is 5.26 Å². The number of rotatable bonds is 3. The molecule has 2 amide bonds.